The molecular weight excluding hydrogens is 304 g/mol. The molecule has 0 aliphatic heterocycles. The third-order valence-electron chi connectivity index (χ3n) is 2.97. The van der Waals surface area contributed by atoms with E-state index >= 15 is 0 Å². The van der Waals surface area contributed by atoms with E-state index in [-0.39, 0.29) is 18.0 Å². The van der Waals surface area contributed by atoms with Crippen LogP contribution in [0.3, 0.4) is 0 Å². The highest BCUT2D eigenvalue weighted by atomic mass is 35.5. The molecule has 1 aromatic carbocycles. The summed E-state index contributed by atoms with van der Waals surface area (Å²) in [7, 11) is 0. The Bertz CT molecular complexity index is 607. The lowest BCUT2D eigenvalue weighted by Crippen LogP contribution is -2.29. The van der Waals surface area contributed by atoms with Gasteiger partial charge in [0.05, 0.1) is 10.4 Å². The second-order valence-electron chi connectivity index (χ2n) is 5.21. The van der Waals surface area contributed by atoms with Gasteiger partial charge in [-0.1, -0.05) is 11.6 Å². The van der Waals surface area contributed by atoms with Crippen molar-refractivity contribution >= 4 is 34.5 Å². The zero-order valence-electron chi connectivity index (χ0n) is 12.3. The summed E-state index contributed by atoms with van der Waals surface area (Å²) in [5, 5.41) is 6.27. The number of nitrogens with one attached hydrogen (secondary N) is 2. The van der Waals surface area contributed by atoms with Gasteiger partial charge in [-0.2, -0.15) is 0 Å². The van der Waals surface area contributed by atoms with Crippen molar-refractivity contribution in [1.29, 1.82) is 0 Å². The average Bonchev–Trinajstić information content (AvgIpc) is 2.85. The fourth-order valence-electron chi connectivity index (χ4n) is 1.95. The number of halogens is 1. The van der Waals surface area contributed by atoms with E-state index in [2.05, 4.69) is 17.6 Å². The minimum absolute atomic E-state index is 0.0466. The van der Waals surface area contributed by atoms with Crippen molar-refractivity contribution in [3.05, 3.63) is 51.2 Å². The van der Waals surface area contributed by atoms with E-state index < -0.39 is 0 Å². The monoisotopic (exact) mass is 322 g/mol. The standard InChI is InChI=1S/C16H19ClN2OS/c1-10(2)18-16(20)12-4-6-13(7-5-12)19-11(3)14-8-9-15(17)21-14/h4-11,19H,1-3H3,(H,18,20). The number of thiophene rings is 1. The molecule has 2 rings (SSSR count). The number of amides is 1. The van der Waals surface area contributed by atoms with Crippen LogP contribution in [0.4, 0.5) is 5.69 Å². The molecule has 1 amide bonds. The zero-order chi connectivity index (χ0) is 15.4. The Morgan fingerprint density at radius 2 is 1.76 bits per heavy atom. The first-order valence-corrected chi connectivity index (χ1v) is 8.08. The molecule has 112 valence electrons. The Labute approximate surface area is 134 Å². The predicted molar refractivity (Wildman–Crippen MR) is 90.4 cm³/mol. The third kappa shape index (κ3) is 4.48. The fourth-order valence-corrected chi connectivity index (χ4v) is 3.01. The summed E-state index contributed by atoms with van der Waals surface area (Å²) in [6.45, 7) is 5.98. The largest absolute Gasteiger partial charge is 0.378 e. The summed E-state index contributed by atoms with van der Waals surface area (Å²) in [6, 6.07) is 11.7. The lowest BCUT2D eigenvalue weighted by atomic mass is 10.1. The van der Waals surface area contributed by atoms with Crippen LogP contribution in [-0.2, 0) is 0 Å². The van der Waals surface area contributed by atoms with Gasteiger partial charge in [0.25, 0.3) is 5.91 Å². The smallest absolute Gasteiger partial charge is 0.251 e. The first kappa shape index (κ1) is 15.9. The van der Waals surface area contributed by atoms with E-state index in [0.717, 1.165) is 10.0 Å². The van der Waals surface area contributed by atoms with Crippen molar-refractivity contribution in [3.63, 3.8) is 0 Å². The van der Waals surface area contributed by atoms with Gasteiger partial charge >= 0.3 is 0 Å². The van der Waals surface area contributed by atoms with Gasteiger partial charge in [-0.25, -0.2) is 0 Å². The van der Waals surface area contributed by atoms with Gasteiger partial charge in [-0.3, -0.25) is 4.79 Å². The van der Waals surface area contributed by atoms with Crippen molar-refractivity contribution in [2.24, 2.45) is 0 Å². The maximum absolute atomic E-state index is 11.9. The van der Waals surface area contributed by atoms with E-state index in [1.54, 1.807) is 11.3 Å². The van der Waals surface area contributed by atoms with Gasteiger partial charge in [0, 0.05) is 22.2 Å². The molecule has 5 heteroatoms. The second-order valence-corrected chi connectivity index (χ2v) is 6.96. The molecule has 0 aliphatic rings. The molecule has 1 heterocycles. The molecule has 0 aliphatic carbocycles. The summed E-state index contributed by atoms with van der Waals surface area (Å²) < 4.78 is 0.791. The van der Waals surface area contributed by atoms with Crippen molar-refractivity contribution < 1.29 is 4.79 Å². The van der Waals surface area contributed by atoms with Gasteiger partial charge in [-0.05, 0) is 57.2 Å². The van der Waals surface area contributed by atoms with E-state index in [4.69, 9.17) is 11.6 Å². The molecule has 0 bridgehead atoms. The van der Waals surface area contributed by atoms with Crippen molar-refractivity contribution in [2.75, 3.05) is 5.32 Å². The van der Waals surface area contributed by atoms with Crippen LogP contribution >= 0.6 is 22.9 Å². The number of anilines is 1. The molecule has 2 aromatic rings. The molecule has 0 saturated carbocycles. The molecule has 1 atom stereocenters. The van der Waals surface area contributed by atoms with Crippen LogP contribution in [0, 0.1) is 0 Å². The summed E-state index contributed by atoms with van der Waals surface area (Å²) in [6.07, 6.45) is 0. The molecule has 1 unspecified atom stereocenters. The predicted octanol–water partition coefficient (Wildman–Crippen LogP) is 4.71. The summed E-state index contributed by atoms with van der Waals surface area (Å²) in [5.41, 5.74) is 1.65. The van der Waals surface area contributed by atoms with Crippen LogP contribution in [0.15, 0.2) is 36.4 Å². The number of rotatable bonds is 5. The second kappa shape index (κ2) is 6.96. The first-order valence-electron chi connectivity index (χ1n) is 6.88. The maximum atomic E-state index is 11.9. The molecular formula is C16H19ClN2OS. The first-order chi connectivity index (χ1) is 9.95. The third-order valence-corrected chi connectivity index (χ3v) is 4.38. The van der Waals surface area contributed by atoms with Crippen LogP contribution in [0.25, 0.3) is 0 Å². The minimum Gasteiger partial charge on any atom is -0.378 e. The Morgan fingerprint density at radius 1 is 1.10 bits per heavy atom. The summed E-state index contributed by atoms with van der Waals surface area (Å²) >= 11 is 7.52. The van der Waals surface area contributed by atoms with E-state index in [0.29, 0.717) is 5.56 Å². The number of hydrogen-bond acceptors (Lipinski definition) is 3. The van der Waals surface area contributed by atoms with Gasteiger partial charge in [0.15, 0.2) is 0 Å². The molecule has 0 radical (unpaired) electrons. The molecule has 3 nitrogen and oxygen atoms in total. The topological polar surface area (TPSA) is 41.1 Å². The van der Waals surface area contributed by atoms with Crippen molar-refractivity contribution in [1.82, 2.24) is 5.32 Å². The maximum Gasteiger partial charge on any atom is 0.251 e. The highest BCUT2D eigenvalue weighted by Gasteiger charge is 2.10. The van der Waals surface area contributed by atoms with Crippen molar-refractivity contribution in [2.45, 2.75) is 32.9 Å². The summed E-state index contributed by atoms with van der Waals surface area (Å²) in [4.78, 5) is 13.1. The molecule has 1 aromatic heterocycles. The van der Waals surface area contributed by atoms with E-state index in [9.17, 15) is 4.79 Å². The highest BCUT2D eigenvalue weighted by Crippen LogP contribution is 2.28. The molecule has 2 N–H and O–H groups in total. The SMILES string of the molecule is CC(C)NC(=O)c1ccc(NC(C)c2ccc(Cl)s2)cc1. The van der Waals surface area contributed by atoms with Crippen LogP contribution in [0.1, 0.15) is 42.0 Å². The van der Waals surface area contributed by atoms with Gasteiger partial charge < -0.3 is 10.6 Å². The van der Waals surface area contributed by atoms with Crippen LogP contribution in [0.2, 0.25) is 4.34 Å². The van der Waals surface area contributed by atoms with Crippen LogP contribution in [0.5, 0.6) is 0 Å². The molecule has 0 fully saturated rings. The Balaban J connectivity index is 2.00. The number of benzene rings is 1. The van der Waals surface area contributed by atoms with Gasteiger partial charge in [0.1, 0.15) is 0 Å². The van der Waals surface area contributed by atoms with E-state index in [1.807, 2.05) is 50.2 Å². The normalized spacial score (nSPS) is 12.2. The Hall–Kier alpha value is -1.52. The van der Waals surface area contributed by atoms with Crippen LogP contribution in [-0.4, -0.2) is 11.9 Å². The molecule has 21 heavy (non-hydrogen) atoms. The Morgan fingerprint density at radius 3 is 2.29 bits per heavy atom. The molecule has 0 spiro atoms. The van der Waals surface area contributed by atoms with Gasteiger partial charge in [0.2, 0.25) is 0 Å². The minimum atomic E-state index is -0.0466. The molecule has 0 saturated heterocycles. The van der Waals surface area contributed by atoms with Gasteiger partial charge in [-0.15, -0.1) is 11.3 Å². The fraction of sp³-hybridized carbons (Fsp3) is 0.312. The van der Waals surface area contributed by atoms with Crippen LogP contribution < -0.4 is 10.6 Å². The van der Waals surface area contributed by atoms with Crippen molar-refractivity contribution in [3.8, 4) is 0 Å². The highest BCUT2D eigenvalue weighted by molar-refractivity contribution is 7.16. The average molecular weight is 323 g/mol. The lowest BCUT2D eigenvalue weighted by molar-refractivity contribution is 0.0943. The number of carbonyl (C=O) groups is 1. The quantitative estimate of drug-likeness (QED) is 0.836. The zero-order valence-corrected chi connectivity index (χ0v) is 13.9. The summed E-state index contributed by atoms with van der Waals surface area (Å²) in [5.74, 6) is -0.0466. The Kier molecular flexibility index (Phi) is 5.26. The number of carbonyl (C=O) groups excluding carboxylic acids is 1. The lowest BCUT2D eigenvalue weighted by Gasteiger charge is -2.14. The van der Waals surface area contributed by atoms with E-state index in [1.165, 1.54) is 4.88 Å². The number of hydrogen-bond donors (Lipinski definition) is 2.